The second-order valence-corrected chi connectivity index (χ2v) is 6.89. The Kier molecular flexibility index (Phi) is 3.30. The number of hydrogen-bond acceptors (Lipinski definition) is 4. The van der Waals surface area contributed by atoms with E-state index in [0.29, 0.717) is 5.92 Å². The molecule has 0 N–H and O–H groups in total. The minimum atomic E-state index is -0.314. The van der Waals surface area contributed by atoms with E-state index in [9.17, 15) is 9.59 Å². The summed E-state index contributed by atoms with van der Waals surface area (Å²) in [4.78, 5) is 24.2. The van der Waals surface area contributed by atoms with E-state index in [1.165, 1.54) is 0 Å². The number of carbonyl (C=O) groups is 2. The molecule has 4 nitrogen and oxygen atoms in total. The van der Waals surface area contributed by atoms with Gasteiger partial charge in [0, 0.05) is 11.8 Å². The van der Waals surface area contributed by atoms with Crippen molar-refractivity contribution in [2.75, 3.05) is 0 Å². The van der Waals surface area contributed by atoms with Crippen molar-refractivity contribution in [3.05, 3.63) is 0 Å². The van der Waals surface area contributed by atoms with Crippen LogP contribution in [-0.2, 0) is 19.1 Å². The van der Waals surface area contributed by atoms with Crippen molar-refractivity contribution in [1.29, 1.82) is 0 Å². The smallest absolute Gasteiger partial charge is 0.312 e. The molecule has 3 aliphatic rings. The van der Waals surface area contributed by atoms with Crippen molar-refractivity contribution in [3.63, 3.8) is 0 Å². The molecule has 3 fully saturated rings. The Morgan fingerprint density at radius 1 is 1.50 bits per heavy atom. The van der Waals surface area contributed by atoms with Gasteiger partial charge in [0.1, 0.15) is 12.2 Å². The van der Waals surface area contributed by atoms with Gasteiger partial charge in [-0.15, -0.1) is 0 Å². The predicted molar refractivity (Wildman–Crippen MR) is 72.8 cm³/mol. The molecular formula is C16H24O4. The lowest BCUT2D eigenvalue weighted by molar-refractivity contribution is -0.166. The van der Waals surface area contributed by atoms with Gasteiger partial charge in [-0.3, -0.25) is 9.59 Å². The van der Waals surface area contributed by atoms with E-state index < -0.39 is 0 Å². The molecule has 0 spiro atoms. The van der Waals surface area contributed by atoms with Crippen molar-refractivity contribution in [2.45, 2.75) is 65.1 Å². The average molecular weight is 280 g/mol. The lowest BCUT2D eigenvalue weighted by atomic mass is 9.75. The highest BCUT2D eigenvalue weighted by Gasteiger charge is 2.69. The SMILES string of the molecule is CCCC(CC)C(=O)OC1C2CC3C1OC(=O)C3(C)C2. The Bertz CT molecular complexity index is 432. The van der Waals surface area contributed by atoms with E-state index in [1.54, 1.807) is 0 Å². The van der Waals surface area contributed by atoms with Crippen LogP contribution in [0.3, 0.4) is 0 Å². The zero-order chi connectivity index (χ0) is 14.5. The predicted octanol–water partition coefficient (Wildman–Crippen LogP) is 2.70. The molecule has 0 amide bonds. The van der Waals surface area contributed by atoms with Gasteiger partial charge in [0.15, 0.2) is 0 Å². The number of hydrogen-bond donors (Lipinski definition) is 0. The third-order valence-electron chi connectivity index (χ3n) is 5.67. The summed E-state index contributed by atoms with van der Waals surface area (Å²) in [5, 5.41) is 0. The van der Waals surface area contributed by atoms with Crippen molar-refractivity contribution in [2.24, 2.45) is 23.2 Å². The first-order valence-corrected chi connectivity index (χ1v) is 7.92. The van der Waals surface area contributed by atoms with Crippen molar-refractivity contribution in [1.82, 2.24) is 0 Å². The Labute approximate surface area is 120 Å². The van der Waals surface area contributed by atoms with E-state index in [1.807, 2.05) is 13.8 Å². The molecule has 0 radical (unpaired) electrons. The highest BCUT2D eigenvalue weighted by molar-refractivity contribution is 5.81. The summed E-state index contributed by atoms with van der Waals surface area (Å²) < 4.78 is 11.3. The molecule has 3 rings (SSSR count). The maximum atomic E-state index is 12.3. The molecule has 0 aromatic carbocycles. The fourth-order valence-electron chi connectivity index (χ4n) is 4.48. The molecule has 112 valence electrons. The Morgan fingerprint density at radius 2 is 2.25 bits per heavy atom. The van der Waals surface area contributed by atoms with Crippen LogP contribution in [0.4, 0.5) is 0 Å². The standard InChI is InChI=1S/C16H24O4/c1-4-6-9(5-2)14(17)19-12-10-7-11-13(12)20-15(18)16(11,3)8-10/h9-13H,4-8H2,1-3H3. The zero-order valence-corrected chi connectivity index (χ0v) is 12.6. The number of esters is 2. The van der Waals surface area contributed by atoms with Crippen LogP contribution in [0.15, 0.2) is 0 Å². The fourth-order valence-corrected chi connectivity index (χ4v) is 4.48. The van der Waals surface area contributed by atoms with Crippen molar-refractivity contribution >= 4 is 11.9 Å². The van der Waals surface area contributed by atoms with Gasteiger partial charge in [-0.1, -0.05) is 20.3 Å². The molecule has 1 heterocycles. The summed E-state index contributed by atoms with van der Waals surface area (Å²) in [7, 11) is 0. The molecule has 6 atom stereocenters. The minimum absolute atomic E-state index is 0.0115. The van der Waals surface area contributed by atoms with Gasteiger partial charge in [0.05, 0.1) is 11.3 Å². The molecule has 1 saturated heterocycles. The normalized spacial score (nSPS) is 42.6. The maximum Gasteiger partial charge on any atom is 0.312 e. The zero-order valence-electron chi connectivity index (χ0n) is 12.6. The summed E-state index contributed by atoms with van der Waals surface area (Å²) in [5.41, 5.74) is -0.314. The first-order valence-electron chi connectivity index (χ1n) is 7.92. The molecule has 0 aromatic heterocycles. The molecule has 20 heavy (non-hydrogen) atoms. The second kappa shape index (κ2) is 4.74. The average Bonchev–Trinajstić information content (AvgIpc) is 2.97. The lowest BCUT2D eigenvalue weighted by Gasteiger charge is -2.30. The Hall–Kier alpha value is -1.06. The summed E-state index contributed by atoms with van der Waals surface area (Å²) >= 11 is 0. The van der Waals surface area contributed by atoms with Crippen LogP contribution >= 0.6 is 0 Å². The van der Waals surface area contributed by atoms with Gasteiger partial charge in [-0.2, -0.15) is 0 Å². The minimum Gasteiger partial charge on any atom is -0.458 e. The first-order chi connectivity index (χ1) is 9.51. The van der Waals surface area contributed by atoms with Crippen molar-refractivity contribution in [3.8, 4) is 0 Å². The summed E-state index contributed by atoms with van der Waals surface area (Å²) in [6, 6.07) is 0. The molecule has 4 heteroatoms. The van der Waals surface area contributed by atoms with Crippen LogP contribution in [0, 0.1) is 23.2 Å². The molecule has 1 aliphatic heterocycles. The van der Waals surface area contributed by atoms with Gasteiger partial charge >= 0.3 is 11.9 Å². The number of rotatable bonds is 5. The number of ether oxygens (including phenoxy) is 2. The van der Waals surface area contributed by atoms with Crippen LogP contribution in [0.1, 0.15) is 52.9 Å². The highest BCUT2D eigenvalue weighted by atomic mass is 16.6. The number of carbonyl (C=O) groups excluding carboxylic acids is 2. The Morgan fingerprint density at radius 3 is 2.90 bits per heavy atom. The Balaban J connectivity index is 1.69. The molecule has 0 aromatic rings. The van der Waals surface area contributed by atoms with E-state index in [4.69, 9.17) is 9.47 Å². The van der Waals surface area contributed by atoms with E-state index in [0.717, 1.165) is 32.1 Å². The van der Waals surface area contributed by atoms with Gasteiger partial charge in [0.2, 0.25) is 0 Å². The van der Waals surface area contributed by atoms with Gasteiger partial charge in [-0.25, -0.2) is 0 Å². The van der Waals surface area contributed by atoms with Gasteiger partial charge in [0.25, 0.3) is 0 Å². The van der Waals surface area contributed by atoms with Gasteiger partial charge in [-0.05, 0) is 32.6 Å². The molecule has 2 aliphatic carbocycles. The third kappa shape index (κ3) is 1.80. The molecule has 2 bridgehead atoms. The summed E-state index contributed by atoms with van der Waals surface area (Å²) in [5.74, 6) is 0.363. The van der Waals surface area contributed by atoms with Crippen LogP contribution in [0.5, 0.6) is 0 Å². The third-order valence-corrected chi connectivity index (χ3v) is 5.67. The molecule has 6 unspecified atom stereocenters. The lowest BCUT2D eigenvalue weighted by Crippen LogP contribution is -2.40. The van der Waals surface area contributed by atoms with Gasteiger partial charge < -0.3 is 9.47 Å². The fraction of sp³-hybridized carbons (Fsp3) is 0.875. The van der Waals surface area contributed by atoms with E-state index in [-0.39, 0.29) is 41.4 Å². The van der Waals surface area contributed by atoms with Crippen LogP contribution < -0.4 is 0 Å². The summed E-state index contributed by atoms with van der Waals surface area (Å²) in [6.07, 6.45) is 4.08. The monoisotopic (exact) mass is 280 g/mol. The van der Waals surface area contributed by atoms with Crippen molar-refractivity contribution < 1.29 is 19.1 Å². The van der Waals surface area contributed by atoms with E-state index in [2.05, 4.69) is 6.92 Å². The number of fused-ring (bicyclic) bond motifs is 1. The molecular weight excluding hydrogens is 256 g/mol. The topological polar surface area (TPSA) is 52.6 Å². The molecule has 2 saturated carbocycles. The van der Waals surface area contributed by atoms with Crippen LogP contribution in [-0.4, -0.2) is 24.1 Å². The van der Waals surface area contributed by atoms with Crippen LogP contribution in [0.2, 0.25) is 0 Å². The van der Waals surface area contributed by atoms with E-state index >= 15 is 0 Å². The van der Waals surface area contributed by atoms with Crippen LogP contribution in [0.25, 0.3) is 0 Å². The maximum absolute atomic E-state index is 12.3. The first kappa shape index (κ1) is 13.9. The summed E-state index contributed by atoms with van der Waals surface area (Å²) in [6.45, 7) is 6.11. The second-order valence-electron chi connectivity index (χ2n) is 6.89. The largest absolute Gasteiger partial charge is 0.458 e. The quantitative estimate of drug-likeness (QED) is 0.727. The highest BCUT2D eigenvalue weighted by Crippen LogP contribution is 2.62.